The van der Waals surface area contributed by atoms with Crippen molar-refractivity contribution >= 4 is 23.6 Å². The van der Waals surface area contributed by atoms with Crippen molar-refractivity contribution in [2.24, 2.45) is 5.92 Å². The summed E-state index contributed by atoms with van der Waals surface area (Å²) in [6, 6.07) is 8.46. The number of halogens is 1. The second-order valence-corrected chi connectivity index (χ2v) is 7.78. The highest BCUT2D eigenvalue weighted by atomic mass is 35.5. The number of carbonyl (C=O) groups excluding carboxylic acids is 1. The Balaban J connectivity index is 1.38. The van der Waals surface area contributed by atoms with Gasteiger partial charge in [0, 0.05) is 24.2 Å². The Morgan fingerprint density at radius 2 is 1.76 bits per heavy atom. The molecule has 1 saturated heterocycles. The topological polar surface area (TPSA) is 32.3 Å². The lowest BCUT2D eigenvalue weighted by molar-refractivity contribution is -0.131. The predicted molar refractivity (Wildman–Crippen MR) is 105 cm³/mol. The fourth-order valence-corrected chi connectivity index (χ4v) is 3.94. The molecule has 0 radical (unpaired) electrons. The number of amides is 1. The van der Waals surface area contributed by atoms with E-state index in [-0.39, 0.29) is 5.91 Å². The molecule has 1 aromatic rings. The summed E-state index contributed by atoms with van der Waals surface area (Å²) in [7, 11) is 0. The maximum absolute atomic E-state index is 12.4. The van der Waals surface area contributed by atoms with Crippen LogP contribution < -0.4 is 5.32 Å². The van der Waals surface area contributed by atoms with Crippen LogP contribution in [0.25, 0.3) is 6.08 Å². The van der Waals surface area contributed by atoms with Crippen LogP contribution in [-0.2, 0) is 4.79 Å². The van der Waals surface area contributed by atoms with Crippen LogP contribution in [0.15, 0.2) is 30.3 Å². The average molecular weight is 361 g/mol. The lowest BCUT2D eigenvalue weighted by Crippen LogP contribution is -2.45. The molecule has 0 atom stereocenters. The van der Waals surface area contributed by atoms with Gasteiger partial charge in [0.05, 0.1) is 6.54 Å². The van der Waals surface area contributed by atoms with Crippen LogP contribution >= 0.6 is 11.6 Å². The van der Waals surface area contributed by atoms with E-state index in [0.29, 0.717) is 18.5 Å². The summed E-state index contributed by atoms with van der Waals surface area (Å²) < 4.78 is 0. The molecule has 0 spiro atoms. The Morgan fingerprint density at radius 3 is 2.44 bits per heavy atom. The molecule has 136 valence electrons. The minimum atomic E-state index is 0.269. The van der Waals surface area contributed by atoms with Gasteiger partial charge in [-0.2, -0.15) is 0 Å². The van der Waals surface area contributed by atoms with Gasteiger partial charge in [0.15, 0.2) is 0 Å². The van der Waals surface area contributed by atoms with Crippen molar-refractivity contribution in [2.45, 2.75) is 51.0 Å². The second kappa shape index (κ2) is 9.40. The van der Waals surface area contributed by atoms with Crippen LogP contribution in [-0.4, -0.2) is 36.5 Å². The van der Waals surface area contributed by atoms with Gasteiger partial charge in [0.1, 0.15) is 0 Å². The number of carbonyl (C=O) groups is 1. The van der Waals surface area contributed by atoms with Crippen molar-refractivity contribution in [3.05, 3.63) is 40.9 Å². The van der Waals surface area contributed by atoms with Crippen molar-refractivity contribution in [1.82, 2.24) is 10.2 Å². The minimum absolute atomic E-state index is 0.269. The molecule has 2 fully saturated rings. The number of nitrogens with zero attached hydrogens (tertiary/aromatic N) is 1. The zero-order valence-electron chi connectivity index (χ0n) is 14.9. The molecule has 1 N–H and O–H groups in total. The maximum Gasteiger partial charge on any atom is 0.236 e. The molecule has 0 bridgehead atoms. The number of nitrogens with one attached hydrogen (secondary N) is 1. The first-order valence-electron chi connectivity index (χ1n) is 9.65. The van der Waals surface area contributed by atoms with Crippen LogP contribution in [0.5, 0.6) is 0 Å². The molecule has 4 heteroatoms. The smallest absolute Gasteiger partial charge is 0.236 e. The van der Waals surface area contributed by atoms with Gasteiger partial charge in [0.25, 0.3) is 0 Å². The van der Waals surface area contributed by atoms with Crippen LogP contribution in [0.3, 0.4) is 0 Å². The van der Waals surface area contributed by atoms with Gasteiger partial charge in [-0.25, -0.2) is 0 Å². The quantitative estimate of drug-likeness (QED) is 0.837. The number of piperidine rings is 1. The molecule has 3 rings (SSSR count). The molecule has 1 aliphatic carbocycles. The number of benzene rings is 1. The van der Waals surface area contributed by atoms with Crippen molar-refractivity contribution in [1.29, 1.82) is 0 Å². The molecule has 0 unspecified atom stereocenters. The Kier molecular flexibility index (Phi) is 6.94. The fraction of sp³-hybridized carbons (Fsp3) is 0.571. The van der Waals surface area contributed by atoms with Gasteiger partial charge in [-0.1, -0.05) is 55.1 Å². The van der Waals surface area contributed by atoms with Gasteiger partial charge in [-0.3, -0.25) is 4.79 Å². The first kappa shape index (κ1) is 18.5. The van der Waals surface area contributed by atoms with Crippen LogP contribution in [0.1, 0.15) is 50.5 Å². The molecule has 2 aliphatic rings. The summed E-state index contributed by atoms with van der Waals surface area (Å²) in [6.07, 6.45) is 13.0. The highest BCUT2D eigenvalue weighted by molar-refractivity contribution is 6.30. The van der Waals surface area contributed by atoms with E-state index in [1.807, 2.05) is 29.2 Å². The molecule has 1 aliphatic heterocycles. The Bertz CT molecular complexity index is 570. The summed E-state index contributed by atoms with van der Waals surface area (Å²) in [6.45, 7) is 2.26. The van der Waals surface area contributed by atoms with Gasteiger partial charge in [-0.05, 0) is 49.3 Å². The zero-order chi connectivity index (χ0) is 17.5. The largest absolute Gasteiger partial charge is 0.342 e. The summed E-state index contributed by atoms with van der Waals surface area (Å²) in [5.74, 6) is 0.830. The van der Waals surface area contributed by atoms with E-state index in [4.69, 9.17) is 11.6 Å². The number of hydrogen-bond donors (Lipinski definition) is 1. The van der Waals surface area contributed by atoms with Crippen molar-refractivity contribution < 1.29 is 4.79 Å². The number of likely N-dealkylation sites (tertiary alicyclic amines) is 1. The van der Waals surface area contributed by atoms with E-state index >= 15 is 0 Å². The minimum Gasteiger partial charge on any atom is -0.342 e. The molecular formula is C21H29ClN2O. The van der Waals surface area contributed by atoms with Crippen LogP contribution in [0, 0.1) is 5.92 Å². The fourth-order valence-electron chi connectivity index (χ4n) is 3.81. The standard InChI is InChI=1S/C21H29ClN2O/c22-19-10-8-17(9-11-19)6-7-18-12-14-24(15-13-18)21(25)16-23-20-4-2-1-3-5-20/h6-11,18,20,23H,1-5,12-16H2. The molecule has 1 aromatic carbocycles. The average Bonchev–Trinajstić information content (AvgIpc) is 2.67. The maximum atomic E-state index is 12.4. The third-order valence-electron chi connectivity index (χ3n) is 5.47. The normalized spacial score (nSPS) is 20.3. The number of rotatable bonds is 5. The van der Waals surface area contributed by atoms with Gasteiger partial charge in [0.2, 0.25) is 5.91 Å². The Labute approximate surface area is 156 Å². The Morgan fingerprint density at radius 1 is 1.08 bits per heavy atom. The van der Waals surface area contributed by atoms with Gasteiger partial charge in [-0.15, -0.1) is 0 Å². The monoisotopic (exact) mass is 360 g/mol. The van der Waals surface area contributed by atoms with E-state index in [0.717, 1.165) is 31.0 Å². The molecule has 0 aromatic heterocycles. The summed E-state index contributed by atoms with van der Waals surface area (Å²) in [4.78, 5) is 14.4. The van der Waals surface area contributed by atoms with Crippen molar-refractivity contribution in [3.63, 3.8) is 0 Å². The first-order chi connectivity index (χ1) is 12.2. The SMILES string of the molecule is O=C(CNC1CCCCC1)N1CCC(C=Cc2ccc(Cl)cc2)CC1. The first-order valence-corrected chi connectivity index (χ1v) is 10.0. The highest BCUT2D eigenvalue weighted by Gasteiger charge is 2.22. The highest BCUT2D eigenvalue weighted by Crippen LogP contribution is 2.21. The predicted octanol–water partition coefficient (Wildman–Crippen LogP) is 4.51. The molecule has 25 heavy (non-hydrogen) atoms. The molecular weight excluding hydrogens is 332 g/mol. The Hall–Kier alpha value is -1.32. The number of allylic oxidation sites excluding steroid dienone is 1. The third kappa shape index (κ3) is 5.86. The van der Waals surface area contributed by atoms with Gasteiger partial charge >= 0.3 is 0 Å². The second-order valence-electron chi connectivity index (χ2n) is 7.34. The molecule has 3 nitrogen and oxygen atoms in total. The van der Waals surface area contributed by atoms with E-state index in [2.05, 4.69) is 17.5 Å². The molecule has 1 amide bonds. The van der Waals surface area contributed by atoms with E-state index in [1.54, 1.807) is 0 Å². The van der Waals surface area contributed by atoms with Crippen molar-refractivity contribution in [2.75, 3.05) is 19.6 Å². The van der Waals surface area contributed by atoms with E-state index < -0.39 is 0 Å². The van der Waals surface area contributed by atoms with E-state index in [1.165, 1.54) is 37.7 Å². The summed E-state index contributed by atoms with van der Waals surface area (Å²) >= 11 is 5.91. The zero-order valence-corrected chi connectivity index (χ0v) is 15.7. The third-order valence-corrected chi connectivity index (χ3v) is 5.72. The lowest BCUT2D eigenvalue weighted by atomic mass is 9.95. The van der Waals surface area contributed by atoms with E-state index in [9.17, 15) is 4.79 Å². The molecule has 1 heterocycles. The van der Waals surface area contributed by atoms with Crippen LogP contribution in [0.2, 0.25) is 5.02 Å². The lowest BCUT2D eigenvalue weighted by Gasteiger charge is -2.32. The summed E-state index contributed by atoms with van der Waals surface area (Å²) in [5.41, 5.74) is 1.18. The number of hydrogen-bond acceptors (Lipinski definition) is 2. The molecule has 1 saturated carbocycles. The summed E-state index contributed by atoms with van der Waals surface area (Å²) in [5, 5.41) is 4.23. The van der Waals surface area contributed by atoms with Crippen molar-refractivity contribution in [3.8, 4) is 0 Å². The van der Waals surface area contributed by atoms with Gasteiger partial charge < -0.3 is 10.2 Å². The van der Waals surface area contributed by atoms with Crippen LogP contribution in [0.4, 0.5) is 0 Å².